The van der Waals surface area contributed by atoms with E-state index in [-0.39, 0.29) is 16.4 Å². The average Bonchev–Trinajstić information content (AvgIpc) is 3.22. The number of benzene rings is 2. The van der Waals surface area contributed by atoms with E-state index in [0.717, 1.165) is 31.0 Å². The molecular formula is C24H28N6O6S. The number of aliphatic carboxylic acids is 1. The topological polar surface area (TPSA) is 169 Å². The zero-order chi connectivity index (χ0) is 26.4. The van der Waals surface area contributed by atoms with Crippen LogP contribution in [0.2, 0.25) is 0 Å². The Balaban J connectivity index is 1.34. The van der Waals surface area contributed by atoms with Gasteiger partial charge in [-0.15, -0.1) is 0 Å². The van der Waals surface area contributed by atoms with Gasteiger partial charge in [0.05, 0.1) is 4.90 Å². The number of nitrogens with one attached hydrogen (secondary N) is 4. The minimum Gasteiger partial charge on any atom is -0.480 e. The van der Waals surface area contributed by atoms with E-state index >= 15 is 0 Å². The van der Waals surface area contributed by atoms with Crippen LogP contribution in [-0.2, 0) is 21.4 Å². The Hall–Kier alpha value is -3.97. The van der Waals surface area contributed by atoms with E-state index in [9.17, 15) is 27.9 Å². The highest BCUT2D eigenvalue weighted by atomic mass is 32.2. The van der Waals surface area contributed by atoms with Gasteiger partial charge < -0.3 is 26.0 Å². The number of amides is 2. The van der Waals surface area contributed by atoms with Gasteiger partial charge in [-0.2, -0.15) is 4.72 Å². The van der Waals surface area contributed by atoms with Crippen LogP contribution in [0.15, 0.2) is 58.4 Å². The molecule has 0 fully saturated rings. The van der Waals surface area contributed by atoms with Gasteiger partial charge in [0, 0.05) is 50.4 Å². The highest BCUT2D eigenvalue weighted by molar-refractivity contribution is 7.89. The molecule has 37 heavy (non-hydrogen) atoms. The summed E-state index contributed by atoms with van der Waals surface area (Å²) in [5.41, 5.74) is 1.36. The van der Waals surface area contributed by atoms with Crippen LogP contribution in [0.5, 0.6) is 0 Å². The molecule has 0 aliphatic carbocycles. The normalized spacial score (nSPS) is 15.8. The molecule has 2 aromatic carbocycles. The second-order valence-electron chi connectivity index (χ2n) is 8.57. The van der Waals surface area contributed by atoms with Crippen molar-refractivity contribution in [3.63, 3.8) is 0 Å². The summed E-state index contributed by atoms with van der Waals surface area (Å²) in [4.78, 5) is 43.1. The lowest BCUT2D eigenvalue weighted by atomic mass is 10.1. The zero-order valence-corrected chi connectivity index (χ0v) is 20.8. The quantitative estimate of drug-likeness (QED) is 0.281. The minimum absolute atomic E-state index is 0.0903. The molecule has 0 saturated carbocycles. The van der Waals surface area contributed by atoms with Crippen LogP contribution in [0.25, 0.3) is 0 Å². The molecule has 0 unspecified atom stereocenters. The number of fused-ring (bicyclic) bond motifs is 1. The maximum absolute atomic E-state index is 12.9. The fourth-order valence-electron chi connectivity index (χ4n) is 3.97. The summed E-state index contributed by atoms with van der Waals surface area (Å²) in [6.07, 6.45) is 0.987. The SMILES string of the molecule is O=C(NC[C@H](NS(=O)(=O)c1ccccc1)C(=O)O)c1ccc2c(c1)C(=O)N(CCNC1=NCCCN1)C2. The second kappa shape index (κ2) is 11.4. The molecule has 0 radical (unpaired) electrons. The van der Waals surface area contributed by atoms with Gasteiger partial charge in [0.25, 0.3) is 11.8 Å². The number of guanidine groups is 1. The largest absolute Gasteiger partial charge is 0.480 e. The number of hydrogen-bond acceptors (Lipinski definition) is 8. The third kappa shape index (κ3) is 6.43. The van der Waals surface area contributed by atoms with Crippen LogP contribution in [0, 0.1) is 0 Å². The van der Waals surface area contributed by atoms with Crippen molar-refractivity contribution in [1.29, 1.82) is 0 Å². The Morgan fingerprint density at radius 2 is 1.95 bits per heavy atom. The Labute approximate surface area is 214 Å². The maximum Gasteiger partial charge on any atom is 0.323 e. The van der Waals surface area contributed by atoms with E-state index < -0.39 is 34.5 Å². The van der Waals surface area contributed by atoms with Gasteiger partial charge in [0.2, 0.25) is 10.0 Å². The summed E-state index contributed by atoms with van der Waals surface area (Å²) < 4.78 is 27.0. The van der Waals surface area contributed by atoms with E-state index in [0.29, 0.717) is 25.2 Å². The van der Waals surface area contributed by atoms with E-state index in [1.165, 1.54) is 30.3 Å². The third-order valence-electron chi connectivity index (χ3n) is 5.94. The van der Waals surface area contributed by atoms with Crippen LogP contribution in [0.1, 0.15) is 32.7 Å². The Morgan fingerprint density at radius 1 is 1.16 bits per heavy atom. The van der Waals surface area contributed by atoms with Gasteiger partial charge >= 0.3 is 5.97 Å². The molecule has 0 saturated heterocycles. The van der Waals surface area contributed by atoms with Crippen molar-refractivity contribution in [3.8, 4) is 0 Å². The number of nitrogens with zero attached hydrogens (tertiary/aromatic N) is 2. The summed E-state index contributed by atoms with van der Waals surface area (Å²) in [6, 6.07) is 10.5. The molecule has 2 aliphatic rings. The van der Waals surface area contributed by atoms with E-state index in [2.05, 4.69) is 25.7 Å². The predicted octanol–water partition coefficient (Wildman–Crippen LogP) is -0.257. The predicted molar refractivity (Wildman–Crippen MR) is 135 cm³/mol. The molecule has 1 atom stereocenters. The van der Waals surface area contributed by atoms with E-state index in [1.807, 2.05) is 0 Å². The van der Waals surface area contributed by atoms with Crippen LogP contribution in [-0.4, -0.2) is 80.9 Å². The first-order chi connectivity index (χ1) is 17.7. The fourth-order valence-corrected chi connectivity index (χ4v) is 5.18. The van der Waals surface area contributed by atoms with Crippen LogP contribution in [0.4, 0.5) is 0 Å². The number of carboxylic acid groups (broad SMARTS) is 1. The van der Waals surface area contributed by atoms with Crippen LogP contribution >= 0.6 is 0 Å². The Kier molecular flexibility index (Phi) is 8.04. The van der Waals surface area contributed by atoms with Gasteiger partial charge in [0.1, 0.15) is 6.04 Å². The molecule has 0 bridgehead atoms. The lowest BCUT2D eigenvalue weighted by Crippen LogP contribution is -2.48. The number of carboxylic acids is 1. The third-order valence-corrected chi connectivity index (χ3v) is 7.43. The Morgan fingerprint density at radius 3 is 2.65 bits per heavy atom. The maximum atomic E-state index is 12.9. The lowest BCUT2D eigenvalue weighted by Gasteiger charge is -2.19. The number of carbonyl (C=O) groups excluding carboxylic acids is 2. The number of sulfonamides is 1. The smallest absolute Gasteiger partial charge is 0.323 e. The molecule has 0 spiro atoms. The first kappa shape index (κ1) is 26.1. The molecule has 2 heterocycles. The molecule has 12 nitrogen and oxygen atoms in total. The van der Waals surface area contributed by atoms with Crippen molar-refractivity contribution >= 4 is 33.8 Å². The van der Waals surface area contributed by atoms with Crippen LogP contribution in [0.3, 0.4) is 0 Å². The summed E-state index contributed by atoms with van der Waals surface area (Å²) in [7, 11) is -4.10. The highest BCUT2D eigenvalue weighted by Crippen LogP contribution is 2.23. The molecule has 2 amide bonds. The van der Waals surface area contributed by atoms with Crippen molar-refractivity contribution in [3.05, 3.63) is 65.2 Å². The molecule has 2 aliphatic heterocycles. The van der Waals surface area contributed by atoms with Gasteiger partial charge in [-0.1, -0.05) is 24.3 Å². The number of hydrogen-bond donors (Lipinski definition) is 5. The standard InChI is InChI=1S/C24H28N6O6S/c31-21(28-14-20(23(33)34)29-37(35,36)18-5-2-1-3-6-18)16-7-8-17-15-30(22(32)19(17)13-16)12-11-27-24-25-9-4-10-26-24/h1-3,5-8,13,20,29H,4,9-12,14-15H2,(H,28,31)(H,33,34)(H2,25,26,27)/t20-/m0/s1. The van der Waals surface area contributed by atoms with E-state index in [4.69, 9.17) is 0 Å². The average molecular weight is 529 g/mol. The zero-order valence-electron chi connectivity index (χ0n) is 19.9. The molecule has 2 aromatic rings. The summed E-state index contributed by atoms with van der Waals surface area (Å²) in [5.74, 6) is -1.55. The van der Waals surface area contributed by atoms with Crippen molar-refractivity contribution in [2.45, 2.75) is 23.9 Å². The molecular weight excluding hydrogens is 500 g/mol. The van der Waals surface area contributed by atoms with Gasteiger partial charge in [-0.25, -0.2) is 8.42 Å². The highest BCUT2D eigenvalue weighted by Gasteiger charge is 2.29. The van der Waals surface area contributed by atoms with Crippen molar-refractivity contribution in [1.82, 2.24) is 25.6 Å². The van der Waals surface area contributed by atoms with Crippen LogP contribution < -0.4 is 20.7 Å². The lowest BCUT2D eigenvalue weighted by molar-refractivity contribution is -0.138. The van der Waals surface area contributed by atoms with Crippen molar-refractivity contribution < 1.29 is 27.9 Å². The molecule has 13 heteroatoms. The Bertz CT molecular complexity index is 1310. The fraction of sp³-hybridized carbons (Fsp3) is 0.333. The monoisotopic (exact) mass is 528 g/mol. The summed E-state index contributed by atoms with van der Waals surface area (Å²) in [6.45, 7) is 2.53. The van der Waals surface area contributed by atoms with Gasteiger partial charge in [-0.05, 0) is 36.2 Å². The molecule has 4 rings (SSSR count). The number of rotatable bonds is 10. The molecule has 196 valence electrons. The first-order valence-corrected chi connectivity index (χ1v) is 13.3. The summed E-state index contributed by atoms with van der Waals surface area (Å²) in [5, 5.41) is 18.2. The van der Waals surface area contributed by atoms with Gasteiger partial charge in [-0.3, -0.25) is 19.4 Å². The number of aliphatic imine (C=N–C) groups is 1. The van der Waals surface area contributed by atoms with Crippen molar-refractivity contribution in [2.24, 2.45) is 4.99 Å². The van der Waals surface area contributed by atoms with Crippen molar-refractivity contribution in [2.75, 3.05) is 32.7 Å². The first-order valence-electron chi connectivity index (χ1n) is 11.8. The summed E-state index contributed by atoms with van der Waals surface area (Å²) >= 11 is 0. The van der Waals surface area contributed by atoms with E-state index in [1.54, 1.807) is 23.1 Å². The molecule has 5 N–H and O–H groups in total. The number of carbonyl (C=O) groups is 3. The van der Waals surface area contributed by atoms with Gasteiger partial charge in [0.15, 0.2) is 5.96 Å². The second-order valence-corrected chi connectivity index (χ2v) is 10.3. The minimum atomic E-state index is -4.10. The molecule has 0 aromatic heterocycles.